The Balaban J connectivity index is 2.13. The van der Waals surface area contributed by atoms with E-state index in [2.05, 4.69) is 0 Å². The van der Waals surface area contributed by atoms with Crippen molar-refractivity contribution in [3.8, 4) is 0 Å². The molecule has 0 bridgehead atoms. The van der Waals surface area contributed by atoms with Gasteiger partial charge in [-0.1, -0.05) is 0 Å². The van der Waals surface area contributed by atoms with Gasteiger partial charge in [-0.2, -0.15) is 0 Å². The SMILES string of the molecule is CC(O)CN1C(=O)CC(C2CC(=O)N(CC(C)O)C2=O)C1=O. The largest absolute Gasteiger partial charge is 0.392 e. The minimum absolute atomic E-state index is 0.111. The lowest BCUT2D eigenvalue weighted by Crippen LogP contribution is -2.40. The molecule has 2 N–H and O–H groups in total. The summed E-state index contributed by atoms with van der Waals surface area (Å²) in [5.41, 5.74) is 0. The quantitative estimate of drug-likeness (QED) is 0.597. The third-order valence-electron chi connectivity index (χ3n) is 3.94. The number of hydrogen-bond acceptors (Lipinski definition) is 6. The van der Waals surface area contributed by atoms with Crippen LogP contribution in [0, 0.1) is 11.8 Å². The number of aliphatic hydroxyl groups excluding tert-OH is 2. The lowest BCUT2D eigenvalue weighted by molar-refractivity contribution is -0.145. The minimum Gasteiger partial charge on any atom is -0.392 e. The van der Waals surface area contributed by atoms with Crippen molar-refractivity contribution in [3.63, 3.8) is 0 Å². The molecule has 2 heterocycles. The molecule has 2 aliphatic heterocycles. The van der Waals surface area contributed by atoms with Crippen molar-refractivity contribution in [2.45, 2.75) is 38.9 Å². The lowest BCUT2D eigenvalue weighted by atomic mass is 9.89. The van der Waals surface area contributed by atoms with Crippen LogP contribution in [0.2, 0.25) is 0 Å². The molecule has 122 valence electrons. The average molecular weight is 312 g/mol. The van der Waals surface area contributed by atoms with Crippen LogP contribution in [0.25, 0.3) is 0 Å². The van der Waals surface area contributed by atoms with Gasteiger partial charge in [-0.05, 0) is 13.8 Å². The zero-order chi connectivity index (χ0) is 16.6. The topological polar surface area (TPSA) is 115 Å². The number of amides is 4. The maximum atomic E-state index is 12.3. The van der Waals surface area contributed by atoms with Crippen LogP contribution in [0.5, 0.6) is 0 Å². The van der Waals surface area contributed by atoms with Crippen molar-refractivity contribution in [2.24, 2.45) is 11.8 Å². The molecular formula is C14H20N2O6. The van der Waals surface area contributed by atoms with Gasteiger partial charge in [-0.15, -0.1) is 0 Å². The van der Waals surface area contributed by atoms with E-state index in [0.29, 0.717) is 0 Å². The molecule has 0 aromatic heterocycles. The molecule has 0 spiro atoms. The normalized spacial score (nSPS) is 28.7. The van der Waals surface area contributed by atoms with Gasteiger partial charge >= 0.3 is 0 Å². The van der Waals surface area contributed by atoms with E-state index in [4.69, 9.17) is 0 Å². The fourth-order valence-corrected chi connectivity index (χ4v) is 2.96. The van der Waals surface area contributed by atoms with Crippen molar-refractivity contribution in [1.29, 1.82) is 0 Å². The van der Waals surface area contributed by atoms with Crippen molar-refractivity contribution in [3.05, 3.63) is 0 Å². The number of carbonyl (C=O) groups is 4. The number of rotatable bonds is 5. The van der Waals surface area contributed by atoms with Gasteiger partial charge in [-0.25, -0.2) is 0 Å². The summed E-state index contributed by atoms with van der Waals surface area (Å²) < 4.78 is 0. The van der Waals surface area contributed by atoms with E-state index in [9.17, 15) is 29.4 Å². The van der Waals surface area contributed by atoms with E-state index in [-0.39, 0.29) is 25.9 Å². The van der Waals surface area contributed by atoms with Crippen molar-refractivity contribution in [1.82, 2.24) is 9.80 Å². The van der Waals surface area contributed by atoms with Crippen molar-refractivity contribution >= 4 is 23.6 Å². The van der Waals surface area contributed by atoms with Crippen LogP contribution in [0.4, 0.5) is 0 Å². The van der Waals surface area contributed by atoms with Crippen LogP contribution in [-0.4, -0.2) is 68.9 Å². The first-order chi connectivity index (χ1) is 10.2. The third-order valence-corrected chi connectivity index (χ3v) is 3.94. The van der Waals surface area contributed by atoms with Gasteiger partial charge in [-0.3, -0.25) is 29.0 Å². The molecule has 0 saturated carbocycles. The first-order valence-electron chi connectivity index (χ1n) is 7.27. The summed E-state index contributed by atoms with van der Waals surface area (Å²) in [4.78, 5) is 50.2. The van der Waals surface area contributed by atoms with E-state index in [1.807, 2.05) is 0 Å². The van der Waals surface area contributed by atoms with Gasteiger partial charge in [0, 0.05) is 12.8 Å². The lowest BCUT2D eigenvalue weighted by Gasteiger charge is -2.19. The van der Waals surface area contributed by atoms with Crippen molar-refractivity contribution in [2.75, 3.05) is 13.1 Å². The van der Waals surface area contributed by atoms with Crippen LogP contribution in [-0.2, 0) is 19.2 Å². The molecule has 2 rings (SSSR count). The fourth-order valence-electron chi connectivity index (χ4n) is 2.96. The highest BCUT2D eigenvalue weighted by Gasteiger charge is 2.51. The number of hydrogen-bond donors (Lipinski definition) is 2. The van der Waals surface area contributed by atoms with Crippen molar-refractivity contribution < 1.29 is 29.4 Å². The molecule has 4 amide bonds. The zero-order valence-electron chi connectivity index (χ0n) is 12.6. The average Bonchev–Trinajstić information content (AvgIpc) is 2.82. The Kier molecular flexibility index (Phi) is 4.62. The Morgan fingerprint density at radius 1 is 0.864 bits per heavy atom. The molecule has 2 aliphatic rings. The zero-order valence-corrected chi connectivity index (χ0v) is 12.6. The number of carbonyl (C=O) groups excluding carboxylic acids is 4. The Morgan fingerprint density at radius 2 is 1.18 bits per heavy atom. The molecule has 4 atom stereocenters. The second kappa shape index (κ2) is 6.13. The summed E-state index contributed by atoms with van der Waals surface area (Å²) in [6.07, 6.45) is -1.95. The first-order valence-corrected chi connectivity index (χ1v) is 7.27. The Morgan fingerprint density at radius 3 is 1.45 bits per heavy atom. The van der Waals surface area contributed by atoms with Gasteiger partial charge in [0.05, 0.1) is 37.1 Å². The molecule has 0 aromatic carbocycles. The third kappa shape index (κ3) is 3.02. The van der Waals surface area contributed by atoms with E-state index in [1.54, 1.807) is 0 Å². The summed E-state index contributed by atoms with van der Waals surface area (Å²) in [7, 11) is 0. The summed E-state index contributed by atoms with van der Waals surface area (Å²) >= 11 is 0. The number of β-amino-alcohol motifs (C(OH)–C–C–N with tert-alkyl or cyclic N) is 2. The fraction of sp³-hybridized carbons (Fsp3) is 0.714. The van der Waals surface area contributed by atoms with Gasteiger partial charge in [0.1, 0.15) is 0 Å². The number of aliphatic hydroxyl groups is 2. The predicted octanol–water partition coefficient (Wildman–Crippen LogP) is -1.50. The molecule has 2 saturated heterocycles. The number of likely N-dealkylation sites (tertiary alicyclic amines) is 2. The molecule has 8 heteroatoms. The van der Waals surface area contributed by atoms with Crippen LogP contribution >= 0.6 is 0 Å². The number of imide groups is 2. The Labute approximate surface area is 127 Å². The van der Waals surface area contributed by atoms with E-state index in [1.165, 1.54) is 13.8 Å². The molecule has 4 unspecified atom stereocenters. The van der Waals surface area contributed by atoms with Gasteiger partial charge in [0.2, 0.25) is 23.6 Å². The van der Waals surface area contributed by atoms with E-state index in [0.717, 1.165) is 9.80 Å². The summed E-state index contributed by atoms with van der Waals surface area (Å²) in [6, 6.07) is 0. The van der Waals surface area contributed by atoms with E-state index >= 15 is 0 Å². The van der Waals surface area contributed by atoms with Gasteiger partial charge < -0.3 is 10.2 Å². The van der Waals surface area contributed by atoms with Crippen LogP contribution < -0.4 is 0 Å². The molecule has 0 radical (unpaired) electrons. The standard InChI is InChI=1S/C14H20N2O6/c1-7(17)5-15-11(19)3-9(13(15)21)10-4-12(20)16(14(10)22)6-8(2)18/h7-10,17-18H,3-6H2,1-2H3. The molecular weight excluding hydrogens is 292 g/mol. The second-order valence-corrected chi connectivity index (χ2v) is 6.00. The minimum atomic E-state index is -0.860. The van der Waals surface area contributed by atoms with Crippen LogP contribution in [0.3, 0.4) is 0 Å². The maximum absolute atomic E-state index is 12.3. The van der Waals surface area contributed by atoms with Crippen LogP contribution in [0.1, 0.15) is 26.7 Å². The molecule has 22 heavy (non-hydrogen) atoms. The molecule has 0 aromatic rings. The van der Waals surface area contributed by atoms with Crippen LogP contribution in [0.15, 0.2) is 0 Å². The Bertz CT molecular complexity index is 469. The monoisotopic (exact) mass is 312 g/mol. The summed E-state index contributed by atoms with van der Waals surface area (Å²) in [5.74, 6) is -3.63. The predicted molar refractivity (Wildman–Crippen MR) is 73.0 cm³/mol. The maximum Gasteiger partial charge on any atom is 0.233 e. The smallest absolute Gasteiger partial charge is 0.233 e. The highest BCUT2D eigenvalue weighted by Crippen LogP contribution is 2.34. The van der Waals surface area contributed by atoms with Gasteiger partial charge in [0.15, 0.2) is 0 Å². The Hall–Kier alpha value is -1.80. The molecule has 0 aliphatic carbocycles. The summed E-state index contributed by atoms with van der Waals surface area (Å²) in [5, 5.41) is 18.7. The van der Waals surface area contributed by atoms with Gasteiger partial charge in [0.25, 0.3) is 0 Å². The first kappa shape index (κ1) is 16.6. The molecule has 8 nitrogen and oxygen atoms in total. The second-order valence-electron chi connectivity index (χ2n) is 6.00. The highest BCUT2D eigenvalue weighted by molar-refractivity contribution is 6.10. The van der Waals surface area contributed by atoms with E-state index < -0.39 is 47.7 Å². The highest BCUT2D eigenvalue weighted by atomic mass is 16.3. The summed E-state index contributed by atoms with van der Waals surface area (Å²) in [6.45, 7) is 2.70. The molecule has 2 fully saturated rings. The number of nitrogens with zero attached hydrogens (tertiary/aromatic N) is 2.